The molecule has 1 aliphatic rings. The van der Waals surface area contributed by atoms with Crippen LogP contribution in [0.5, 0.6) is 0 Å². The number of H-pyrrole nitrogens is 1. The van der Waals surface area contributed by atoms with Crippen LogP contribution in [0.1, 0.15) is 18.4 Å². The zero-order chi connectivity index (χ0) is 11.0. The molecule has 0 bridgehead atoms. The van der Waals surface area contributed by atoms with Gasteiger partial charge in [-0.25, -0.2) is 4.98 Å². The molecule has 4 N–H and O–H groups in total. The van der Waals surface area contributed by atoms with Crippen LogP contribution in [-0.2, 0) is 0 Å². The molecule has 0 radical (unpaired) electrons. The maximum absolute atomic E-state index is 5.77. The van der Waals surface area contributed by atoms with Crippen molar-refractivity contribution in [3.05, 3.63) is 30.2 Å². The van der Waals surface area contributed by atoms with Crippen molar-refractivity contribution in [3.63, 3.8) is 0 Å². The Morgan fingerprint density at radius 2 is 2.31 bits per heavy atom. The smallest absolute Gasteiger partial charge is 0.138 e. The molecule has 3 heterocycles. The molecule has 3 rings (SSSR count). The van der Waals surface area contributed by atoms with E-state index in [1.165, 1.54) is 17.6 Å². The fourth-order valence-electron chi connectivity index (χ4n) is 2.15. The lowest BCUT2D eigenvalue weighted by Crippen LogP contribution is -2.12. The van der Waals surface area contributed by atoms with Gasteiger partial charge in [-0.3, -0.25) is 0 Å². The van der Waals surface area contributed by atoms with Gasteiger partial charge < -0.3 is 16.0 Å². The zero-order valence-corrected chi connectivity index (χ0v) is 8.96. The van der Waals surface area contributed by atoms with Crippen LogP contribution in [0.2, 0.25) is 0 Å². The molecular formula is C12H14N4. The van der Waals surface area contributed by atoms with Crippen LogP contribution >= 0.6 is 0 Å². The van der Waals surface area contributed by atoms with Crippen LogP contribution in [0.3, 0.4) is 0 Å². The van der Waals surface area contributed by atoms with Crippen molar-refractivity contribution in [1.82, 2.24) is 15.3 Å². The molecule has 0 unspecified atom stereocenters. The molecule has 0 aliphatic carbocycles. The van der Waals surface area contributed by atoms with E-state index in [9.17, 15) is 0 Å². The highest BCUT2D eigenvalue weighted by Gasteiger charge is 2.11. The molecule has 0 saturated heterocycles. The average Bonchev–Trinajstić information content (AvgIpc) is 2.73. The van der Waals surface area contributed by atoms with Crippen LogP contribution < -0.4 is 11.1 Å². The van der Waals surface area contributed by atoms with E-state index >= 15 is 0 Å². The zero-order valence-electron chi connectivity index (χ0n) is 8.96. The lowest BCUT2D eigenvalue weighted by molar-refractivity contribution is 0.740. The summed E-state index contributed by atoms with van der Waals surface area (Å²) in [6.07, 6.45) is 8.06. The largest absolute Gasteiger partial charge is 0.397 e. The van der Waals surface area contributed by atoms with Crippen LogP contribution in [-0.4, -0.2) is 16.5 Å². The molecule has 0 fully saturated rings. The topological polar surface area (TPSA) is 66.7 Å². The number of nitrogens with zero attached hydrogens (tertiary/aromatic N) is 1. The van der Waals surface area contributed by atoms with E-state index in [-0.39, 0.29) is 0 Å². The molecule has 2 aromatic heterocycles. The average molecular weight is 214 g/mol. The van der Waals surface area contributed by atoms with Gasteiger partial charge in [-0.05, 0) is 24.5 Å². The number of pyridine rings is 1. The second-order valence-electron chi connectivity index (χ2n) is 4.09. The normalized spacial score (nSPS) is 15.9. The fraction of sp³-hybridized carbons (Fsp3) is 0.250. The molecule has 2 aromatic rings. The lowest BCUT2D eigenvalue weighted by atomic mass is 10.0. The number of rotatable bonds is 1. The van der Waals surface area contributed by atoms with E-state index in [0.29, 0.717) is 5.69 Å². The third kappa shape index (κ3) is 1.43. The number of aromatic amines is 1. The Morgan fingerprint density at radius 1 is 1.38 bits per heavy atom. The maximum Gasteiger partial charge on any atom is 0.138 e. The molecule has 16 heavy (non-hydrogen) atoms. The predicted octanol–water partition coefficient (Wildman–Crippen LogP) is 1.87. The quantitative estimate of drug-likeness (QED) is 0.679. The highest BCUT2D eigenvalue weighted by Crippen LogP contribution is 2.28. The Bertz CT molecular complexity index is 553. The number of nitrogen functional groups attached to an aromatic ring is 1. The van der Waals surface area contributed by atoms with E-state index in [2.05, 4.69) is 21.5 Å². The Balaban J connectivity index is 2.16. The summed E-state index contributed by atoms with van der Waals surface area (Å²) < 4.78 is 0. The van der Waals surface area contributed by atoms with Gasteiger partial charge in [0.15, 0.2) is 0 Å². The van der Waals surface area contributed by atoms with Crippen molar-refractivity contribution in [2.75, 3.05) is 12.3 Å². The van der Waals surface area contributed by atoms with Gasteiger partial charge in [-0.2, -0.15) is 0 Å². The minimum atomic E-state index is 0.706. The van der Waals surface area contributed by atoms with Crippen molar-refractivity contribution in [3.8, 4) is 0 Å². The first-order valence-corrected chi connectivity index (χ1v) is 5.50. The summed E-state index contributed by atoms with van der Waals surface area (Å²) in [5, 5.41) is 4.38. The summed E-state index contributed by atoms with van der Waals surface area (Å²) in [5.74, 6) is 0. The van der Waals surface area contributed by atoms with Gasteiger partial charge in [-0.1, -0.05) is 0 Å². The molecule has 0 spiro atoms. The fourth-order valence-corrected chi connectivity index (χ4v) is 2.15. The van der Waals surface area contributed by atoms with Gasteiger partial charge in [0.2, 0.25) is 0 Å². The second-order valence-corrected chi connectivity index (χ2v) is 4.09. The minimum Gasteiger partial charge on any atom is -0.397 e. The summed E-state index contributed by atoms with van der Waals surface area (Å²) in [7, 11) is 0. The summed E-state index contributed by atoms with van der Waals surface area (Å²) in [6, 6.07) is 1.98. The number of fused-ring (bicyclic) bond motifs is 1. The molecule has 0 saturated carbocycles. The van der Waals surface area contributed by atoms with Crippen molar-refractivity contribution in [2.24, 2.45) is 0 Å². The van der Waals surface area contributed by atoms with Crippen LogP contribution in [0.4, 0.5) is 5.69 Å². The van der Waals surface area contributed by atoms with Crippen molar-refractivity contribution < 1.29 is 0 Å². The summed E-state index contributed by atoms with van der Waals surface area (Å²) >= 11 is 0. The van der Waals surface area contributed by atoms with E-state index in [0.717, 1.165) is 24.0 Å². The second kappa shape index (κ2) is 3.56. The number of anilines is 1. The molecular weight excluding hydrogens is 200 g/mol. The Kier molecular flexibility index (Phi) is 2.06. The van der Waals surface area contributed by atoms with E-state index < -0.39 is 0 Å². The van der Waals surface area contributed by atoms with Crippen LogP contribution in [0, 0.1) is 0 Å². The van der Waals surface area contributed by atoms with Gasteiger partial charge in [0, 0.05) is 29.9 Å². The third-order valence-corrected chi connectivity index (χ3v) is 2.94. The van der Waals surface area contributed by atoms with E-state index in [4.69, 9.17) is 5.73 Å². The van der Waals surface area contributed by atoms with Gasteiger partial charge >= 0.3 is 0 Å². The summed E-state index contributed by atoms with van der Waals surface area (Å²) in [6.45, 7) is 1.06. The highest BCUT2D eigenvalue weighted by molar-refractivity contribution is 5.92. The SMILES string of the molecule is Nc1cnc2[nH]cc(C3=CNCCC3)c2c1. The molecule has 0 aromatic carbocycles. The number of nitrogens with two attached hydrogens (primary N) is 1. The first kappa shape index (κ1) is 9.27. The molecule has 0 amide bonds. The third-order valence-electron chi connectivity index (χ3n) is 2.94. The first-order valence-electron chi connectivity index (χ1n) is 5.50. The van der Waals surface area contributed by atoms with Gasteiger partial charge in [-0.15, -0.1) is 0 Å². The Labute approximate surface area is 93.6 Å². The van der Waals surface area contributed by atoms with Crippen molar-refractivity contribution in [1.29, 1.82) is 0 Å². The predicted molar refractivity (Wildman–Crippen MR) is 65.7 cm³/mol. The standard InChI is InChI=1S/C12H14N4/c13-9-4-10-11(7-16-12(10)15-6-9)8-2-1-3-14-5-8/h4-7,14H,1-3,13H2,(H,15,16). The van der Waals surface area contributed by atoms with E-state index in [1.54, 1.807) is 6.20 Å². The van der Waals surface area contributed by atoms with Crippen molar-refractivity contribution >= 4 is 22.3 Å². The molecule has 82 valence electrons. The van der Waals surface area contributed by atoms with Gasteiger partial charge in [0.1, 0.15) is 5.65 Å². The maximum atomic E-state index is 5.77. The van der Waals surface area contributed by atoms with Crippen molar-refractivity contribution in [2.45, 2.75) is 12.8 Å². The molecule has 4 nitrogen and oxygen atoms in total. The van der Waals surface area contributed by atoms with Crippen LogP contribution in [0.15, 0.2) is 24.7 Å². The summed E-state index contributed by atoms with van der Waals surface area (Å²) in [4.78, 5) is 7.45. The van der Waals surface area contributed by atoms with E-state index in [1.807, 2.05) is 12.3 Å². The van der Waals surface area contributed by atoms with Gasteiger partial charge in [0.25, 0.3) is 0 Å². The molecule has 4 heteroatoms. The molecule has 1 aliphatic heterocycles. The Hall–Kier alpha value is -1.97. The lowest BCUT2D eigenvalue weighted by Gasteiger charge is -2.13. The number of hydrogen-bond donors (Lipinski definition) is 3. The highest BCUT2D eigenvalue weighted by atomic mass is 14.9. The minimum absolute atomic E-state index is 0.706. The first-order chi connectivity index (χ1) is 7.84. The number of allylic oxidation sites excluding steroid dienone is 1. The number of hydrogen-bond acceptors (Lipinski definition) is 3. The number of aromatic nitrogens is 2. The molecule has 0 atom stereocenters. The van der Waals surface area contributed by atoms with Gasteiger partial charge in [0.05, 0.1) is 11.9 Å². The number of nitrogens with one attached hydrogen (secondary N) is 2. The monoisotopic (exact) mass is 214 g/mol. The Morgan fingerprint density at radius 3 is 3.12 bits per heavy atom. The summed E-state index contributed by atoms with van der Waals surface area (Å²) in [5.41, 5.74) is 9.91. The van der Waals surface area contributed by atoms with Crippen LogP contribution in [0.25, 0.3) is 16.6 Å².